The molecule has 6 atom stereocenters. The van der Waals surface area contributed by atoms with Crippen molar-refractivity contribution < 1.29 is 14.2 Å². The van der Waals surface area contributed by atoms with Crippen molar-refractivity contribution in [3.63, 3.8) is 0 Å². The van der Waals surface area contributed by atoms with Crippen molar-refractivity contribution in [2.24, 2.45) is 11.8 Å². The Morgan fingerprint density at radius 2 is 2.10 bits per heavy atom. The van der Waals surface area contributed by atoms with E-state index in [1.807, 2.05) is 7.11 Å². The first-order chi connectivity index (χ1) is 9.97. The van der Waals surface area contributed by atoms with E-state index in [1.165, 1.54) is 24.8 Å². The Kier molecular flexibility index (Phi) is 3.96. The van der Waals surface area contributed by atoms with Crippen LogP contribution in [0.25, 0.3) is 0 Å². The maximum atomic E-state index is 6.19. The quantitative estimate of drug-likeness (QED) is 0.572. The fourth-order valence-corrected chi connectivity index (χ4v) is 4.52. The molecule has 0 radical (unpaired) electrons. The molecule has 120 valence electrons. The average molecular weight is 294 g/mol. The first-order valence-corrected chi connectivity index (χ1v) is 8.45. The molecule has 0 aromatic rings. The normalized spacial score (nSPS) is 48.2. The zero-order chi connectivity index (χ0) is 15.3. The van der Waals surface area contributed by atoms with Gasteiger partial charge in [0.25, 0.3) is 0 Å². The molecule has 2 heterocycles. The Morgan fingerprint density at radius 3 is 2.62 bits per heavy atom. The van der Waals surface area contributed by atoms with E-state index in [-0.39, 0.29) is 17.3 Å². The maximum Gasteiger partial charge on any atom is 0.100 e. The molecule has 3 aliphatic rings. The molecule has 3 rings (SSSR count). The van der Waals surface area contributed by atoms with Crippen LogP contribution in [0.3, 0.4) is 0 Å². The van der Waals surface area contributed by atoms with Crippen LogP contribution in [0.5, 0.6) is 0 Å². The molecule has 3 heteroatoms. The number of epoxide rings is 2. The molecule has 21 heavy (non-hydrogen) atoms. The molecule has 1 spiro atoms. The van der Waals surface area contributed by atoms with Gasteiger partial charge in [-0.25, -0.2) is 0 Å². The van der Waals surface area contributed by atoms with Crippen LogP contribution >= 0.6 is 0 Å². The summed E-state index contributed by atoms with van der Waals surface area (Å²) in [6.45, 7) is 9.74. The summed E-state index contributed by atoms with van der Waals surface area (Å²) in [7, 11) is 1.86. The summed E-state index contributed by atoms with van der Waals surface area (Å²) in [6.07, 6.45) is 7.47. The molecule has 2 aliphatic heterocycles. The van der Waals surface area contributed by atoms with Crippen LogP contribution in [0.15, 0.2) is 11.6 Å². The van der Waals surface area contributed by atoms with Crippen LogP contribution in [0.4, 0.5) is 0 Å². The van der Waals surface area contributed by atoms with E-state index < -0.39 is 0 Å². The van der Waals surface area contributed by atoms with E-state index in [4.69, 9.17) is 14.2 Å². The molecule has 0 amide bonds. The summed E-state index contributed by atoms with van der Waals surface area (Å²) < 4.78 is 18.1. The van der Waals surface area contributed by atoms with Gasteiger partial charge in [0.05, 0.1) is 24.4 Å². The summed E-state index contributed by atoms with van der Waals surface area (Å²) >= 11 is 0. The zero-order valence-electron chi connectivity index (χ0n) is 14.1. The smallest absolute Gasteiger partial charge is 0.100 e. The lowest BCUT2D eigenvalue weighted by Gasteiger charge is -2.43. The van der Waals surface area contributed by atoms with Crippen LogP contribution in [-0.2, 0) is 14.2 Å². The molecule has 1 saturated carbocycles. The molecule has 3 unspecified atom stereocenters. The third-order valence-electron chi connectivity index (χ3n) is 5.95. The molecule has 0 bridgehead atoms. The maximum absolute atomic E-state index is 6.19. The molecule has 0 N–H and O–H groups in total. The second kappa shape index (κ2) is 5.36. The minimum atomic E-state index is -0.0725. The standard InChI is InChI=1S/C18H30O3/c1-6-13-9-10-18(11-20-18)16(15(13)19-5)17(4)14(21-17)8-7-12(2)3/h7,13-16H,6,8-11H2,1-5H3/t13?,14-,15?,16?,17+,18+/m1/s1. The summed E-state index contributed by atoms with van der Waals surface area (Å²) in [6, 6.07) is 0. The van der Waals surface area contributed by atoms with Gasteiger partial charge < -0.3 is 14.2 Å². The Morgan fingerprint density at radius 1 is 1.38 bits per heavy atom. The van der Waals surface area contributed by atoms with Crippen molar-refractivity contribution in [1.29, 1.82) is 0 Å². The van der Waals surface area contributed by atoms with E-state index in [0.717, 1.165) is 13.0 Å². The van der Waals surface area contributed by atoms with E-state index >= 15 is 0 Å². The topological polar surface area (TPSA) is 34.3 Å². The van der Waals surface area contributed by atoms with Gasteiger partial charge in [0.1, 0.15) is 5.60 Å². The van der Waals surface area contributed by atoms with E-state index in [9.17, 15) is 0 Å². The molecule has 0 aromatic heterocycles. The molecular formula is C18H30O3. The van der Waals surface area contributed by atoms with Crippen molar-refractivity contribution in [3.8, 4) is 0 Å². The first-order valence-electron chi connectivity index (χ1n) is 8.45. The Balaban J connectivity index is 1.79. The third kappa shape index (κ3) is 2.58. The summed E-state index contributed by atoms with van der Waals surface area (Å²) in [5, 5.41) is 0. The van der Waals surface area contributed by atoms with Gasteiger partial charge in [-0.05, 0) is 46.0 Å². The Bertz CT molecular complexity index is 422. The molecule has 2 saturated heterocycles. The van der Waals surface area contributed by atoms with Gasteiger partial charge in [-0.15, -0.1) is 0 Å². The number of allylic oxidation sites excluding steroid dienone is 1. The van der Waals surface area contributed by atoms with Gasteiger partial charge >= 0.3 is 0 Å². The zero-order valence-corrected chi connectivity index (χ0v) is 14.1. The lowest BCUT2D eigenvalue weighted by molar-refractivity contribution is -0.0830. The monoisotopic (exact) mass is 294 g/mol. The summed E-state index contributed by atoms with van der Waals surface area (Å²) in [5.74, 6) is 1.02. The SMILES string of the molecule is CCC1CC[C@]2(CO2)C([C@@]2(C)O[C@@H]2CC=C(C)C)C1OC. The van der Waals surface area contributed by atoms with Crippen LogP contribution in [-0.4, -0.2) is 37.1 Å². The Labute approximate surface area is 129 Å². The van der Waals surface area contributed by atoms with Crippen LogP contribution in [0.2, 0.25) is 0 Å². The van der Waals surface area contributed by atoms with E-state index in [0.29, 0.717) is 17.9 Å². The minimum Gasteiger partial charge on any atom is -0.381 e. The number of hydrogen-bond donors (Lipinski definition) is 0. The van der Waals surface area contributed by atoms with Gasteiger partial charge in [0.15, 0.2) is 0 Å². The predicted octanol–water partition coefficient (Wildman–Crippen LogP) is 3.72. The van der Waals surface area contributed by atoms with Gasteiger partial charge in [-0.1, -0.05) is 25.0 Å². The molecule has 3 fully saturated rings. The van der Waals surface area contributed by atoms with Crippen molar-refractivity contribution in [3.05, 3.63) is 11.6 Å². The highest BCUT2D eigenvalue weighted by molar-refractivity contribution is 5.20. The first kappa shape index (κ1) is 15.5. The molecule has 0 aromatic carbocycles. The average Bonchev–Trinajstić information content (AvgIpc) is 3.35. The molecular weight excluding hydrogens is 264 g/mol. The van der Waals surface area contributed by atoms with Crippen molar-refractivity contribution >= 4 is 0 Å². The van der Waals surface area contributed by atoms with Crippen molar-refractivity contribution in [2.75, 3.05) is 13.7 Å². The largest absolute Gasteiger partial charge is 0.381 e. The van der Waals surface area contributed by atoms with E-state index in [2.05, 4.69) is 33.8 Å². The lowest BCUT2D eigenvalue weighted by atomic mass is 9.65. The molecule has 1 aliphatic carbocycles. The number of ether oxygens (including phenoxy) is 3. The van der Waals surface area contributed by atoms with Gasteiger partial charge in [0.2, 0.25) is 0 Å². The number of hydrogen-bond acceptors (Lipinski definition) is 3. The fraction of sp³-hybridized carbons (Fsp3) is 0.889. The highest BCUT2D eigenvalue weighted by Crippen LogP contribution is 2.60. The second-order valence-electron chi connectivity index (χ2n) is 7.55. The highest BCUT2D eigenvalue weighted by Gasteiger charge is 2.71. The van der Waals surface area contributed by atoms with E-state index in [1.54, 1.807) is 0 Å². The van der Waals surface area contributed by atoms with Gasteiger partial charge in [-0.3, -0.25) is 0 Å². The number of methoxy groups -OCH3 is 1. The minimum absolute atomic E-state index is 0.0425. The number of rotatable bonds is 5. The predicted molar refractivity (Wildman–Crippen MR) is 83.3 cm³/mol. The van der Waals surface area contributed by atoms with Crippen molar-refractivity contribution in [1.82, 2.24) is 0 Å². The van der Waals surface area contributed by atoms with Gasteiger partial charge in [0, 0.05) is 13.0 Å². The third-order valence-corrected chi connectivity index (χ3v) is 5.95. The van der Waals surface area contributed by atoms with Crippen molar-refractivity contribution in [2.45, 2.75) is 76.8 Å². The second-order valence-corrected chi connectivity index (χ2v) is 7.55. The lowest BCUT2D eigenvalue weighted by Crippen LogP contribution is -2.52. The Hall–Kier alpha value is -0.380. The molecule has 3 nitrogen and oxygen atoms in total. The van der Waals surface area contributed by atoms with Gasteiger partial charge in [-0.2, -0.15) is 0 Å². The summed E-state index contributed by atoms with van der Waals surface area (Å²) in [5.41, 5.74) is 1.33. The fourth-order valence-electron chi connectivity index (χ4n) is 4.52. The van der Waals surface area contributed by atoms with Crippen LogP contribution < -0.4 is 0 Å². The van der Waals surface area contributed by atoms with Crippen LogP contribution in [0.1, 0.15) is 53.4 Å². The summed E-state index contributed by atoms with van der Waals surface area (Å²) in [4.78, 5) is 0. The highest BCUT2D eigenvalue weighted by atomic mass is 16.6. The van der Waals surface area contributed by atoms with Crippen LogP contribution in [0, 0.1) is 11.8 Å².